The zero-order valence-corrected chi connectivity index (χ0v) is 16.4. The fourth-order valence-electron chi connectivity index (χ4n) is 3.61. The number of hydrogen-bond donors (Lipinski definition) is 0. The van der Waals surface area contributed by atoms with Gasteiger partial charge in [-0.2, -0.15) is 0 Å². The highest BCUT2D eigenvalue weighted by Gasteiger charge is 2.21. The van der Waals surface area contributed by atoms with Gasteiger partial charge in [-0.15, -0.1) is 0 Å². The molecule has 0 saturated heterocycles. The van der Waals surface area contributed by atoms with E-state index in [4.69, 9.17) is 9.73 Å². The molecule has 138 valence electrons. The predicted molar refractivity (Wildman–Crippen MR) is 111 cm³/mol. The Morgan fingerprint density at radius 3 is 2.50 bits per heavy atom. The molecular weight excluding hydrogens is 318 g/mol. The summed E-state index contributed by atoms with van der Waals surface area (Å²) in [5.74, 6) is 1.67. The molecule has 3 rings (SSSR count). The molecule has 0 aromatic heterocycles. The van der Waals surface area contributed by atoms with E-state index >= 15 is 0 Å². The van der Waals surface area contributed by atoms with Gasteiger partial charge in [0.15, 0.2) is 0 Å². The van der Waals surface area contributed by atoms with Crippen molar-refractivity contribution in [2.45, 2.75) is 71.3 Å². The summed E-state index contributed by atoms with van der Waals surface area (Å²) in [6, 6.07) is 14.9. The Bertz CT molecular complexity index is 726. The number of benzene rings is 2. The van der Waals surface area contributed by atoms with E-state index in [9.17, 15) is 0 Å². The van der Waals surface area contributed by atoms with Crippen LogP contribution >= 0.6 is 0 Å². The van der Waals surface area contributed by atoms with Crippen LogP contribution in [-0.2, 0) is 0 Å². The zero-order chi connectivity index (χ0) is 18.4. The minimum absolute atomic E-state index is 0.214. The molecule has 2 aromatic rings. The van der Waals surface area contributed by atoms with Crippen LogP contribution in [0.5, 0.6) is 5.75 Å². The average Bonchev–Trinajstić information content (AvgIpc) is 2.69. The van der Waals surface area contributed by atoms with Crippen molar-refractivity contribution in [1.82, 2.24) is 0 Å². The Labute approximate surface area is 158 Å². The third-order valence-corrected chi connectivity index (χ3v) is 5.40. The van der Waals surface area contributed by atoms with Gasteiger partial charge in [0.1, 0.15) is 5.75 Å². The molecule has 1 aliphatic carbocycles. The van der Waals surface area contributed by atoms with Gasteiger partial charge >= 0.3 is 0 Å². The molecule has 0 radical (unpaired) electrons. The summed E-state index contributed by atoms with van der Waals surface area (Å²) in [4.78, 5) is 4.69. The van der Waals surface area contributed by atoms with Crippen LogP contribution < -0.4 is 4.74 Å². The van der Waals surface area contributed by atoms with Crippen LogP contribution in [0.3, 0.4) is 0 Å². The molecule has 0 heterocycles. The van der Waals surface area contributed by atoms with E-state index < -0.39 is 0 Å². The highest BCUT2D eigenvalue weighted by molar-refractivity contribution is 5.86. The lowest BCUT2D eigenvalue weighted by Crippen LogP contribution is -2.15. The van der Waals surface area contributed by atoms with Gasteiger partial charge < -0.3 is 4.74 Å². The molecule has 1 fully saturated rings. The van der Waals surface area contributed by atoms with Gasteiger partial charge in [-0.1, -0.05) is 56.0 Å². The molecule has 0 amide bonds. The van der Waals surface area contributed by atoms with E-state index in [1.165, 1.54) is 43.2 Å². The monoisotopic (exact) mass is 349 g/mol. The van der Waals surface area contributed by atoms with Crippen molar-refractivity contribution < 1.29 is 4.74 Å². The Balaban J connectivity index is 1.93. The lowest BCUT2D eigenvalue weighted by Gasteiger charge is -2.26. The van der Waals surface area contributed by atoms with Gasteiger partial charge in [0.05, 0.1) is 11.8 Å². The number of hydrogen-bond acceptors (Lipinski definition) is 2. The molecule has 0 bridgehead atoms. The van der Waals surface area contributed by atoms with Crippen LogP contribution in [-0.4, -0.2) is 12.3 Å². The third kappa shape index (κ3) is 4.75. The summed E-state index contributed by atoms with van der Waals surface area (Å²) in [6.07, 6.45) is 9.76. The quantitative estimate of drug-likeness (QED) is 0.516. The lowest BCUT2D eigenvalue weighted by molar-refractivity contribution is 0.212. The number of para-hydroxylation sites is 1. The van der Waals surface area contributed by atoms with Crippen molar-refractivity contribution in [1.29, 1.82) is 0 Å². The first-order valence-corrected chi connectivity index (χ1v) is 10.1. The maximum Gasteiger partial charge on any atom is 0.131 e. The van der Waals surface area contributed by atoms with Crippen molar-refractivity contribution in [2.24, 2.45) is 4.99 Å². The van der Waals surface area contributed by atoms with E-state index in [0.717, 1.165) is 23.4 Å². The van der Waals surface area contributed by atoms with E-state index in [1.54, 1.807) is 0 Å². The van der Waals surface area contributed by atoms with Gasteiger partial charge in [-0.3, -0.25) is 4.99 Å². The van der Waals surface area contributed by atoms with Crippen LogP contribution in [0.15, 0.2) is 47.5 Å². The second-order valence-electron chi connectivity index (χ2n) is 7.53. The van der Waals surface area contributed by atoms with Crippen LogP contribution in [0, 0.1) is 6.92 Å². The summed E-state index contributed by atoms with van der Waals surface area (Å²) in [5, 5.41) is 0. The van der Waals surface area contributed by atoms with Crippen molar-refractivity contribution >= 4 is 11.9 Å². The van der Waals surface area contributed by atoms with Crippen LogP contribution in [0.25, 0.3) is 0 Å². The SMILES string of the molecule is CCC(C)Oc1c(/C=N/c2ccc(C)cc2)cccc1C1CCCCC1. The standard InChI is InChI=1S/C24H31NO/c1-4-19(3)26-24-21(17-25-22-15-13-18(2)14-16-22)11-8-12-23(24)20-9-6-5-7-10-20/h8,11-17,19-20H,4-7,9-10H2,1-3H3/b25-17+. The Kier molecular flexibility index (Phi) is 6.49. The molecule has 26 heavy (non-hydrogen) atoms. The first-order chi connectivity index (χ1) is 12.7. The van der Waals surface area contributed by atoms with Crippen molar-refractivity contribution in [3.8, 4) is 5.75 Å². The number of aliphatic imine (C=N–C) groups is 1. The Hall–Kier alpha value is -2.09. The highest BCUT2D eigenvalue weighted by atomic mass is 16.5. The molecule has 0 spiro atoms. The van der Waals surface area contributed by atoms with E-state index in [1.807, 2.05) is 6.21 Å². The molecule has 1 saturated carbocycles. The lowest BCUT2D eigenvalue weighted by atomic mass is 9.83. The number of ether oxygens (including phenoxy) is 1. The molecular formula is C24H31NO. The van der Waals surface area contributed by atoms with E-state index in [-0.39, 0.29) is 6.10 Å². The third-order valence-electron chi connectivity index (χ3n) is 5.40. The molecule has 2 heteroatoms. The second kappa shape index (κ2) is 9.02. The summed E-state index contributed by atoms with van der Waals surface area (Å²) in [6.45, 7) is 6.42. The minimum atomic E-state index is 0.214. The molecule has 1 unspecified atom stereocenters. The van der Waals surface area contributed by atoms with Gasteiger partial charge in [0.25, 0.3) is 0 Å². The Morgan fingerprint density at radius 1 is 1.08 bits per heavy atom. The maximum absolute atomic E-state index is 6.40. The van der Waals surface area contributed by atoms with Gasteiger partial charge in [-0.25, -0.2) is 0 Å². The fourth-order valence-corrected chi connectivity index (χ4v) is 3.61. The van der Waals surface area contributed by atoms with E-state index in [2.05, 4.69) is 63.2 Å². The summed E-state index contributed by atoms with van der Waals surface area (Å²) in [7, 11) is 0. The first-order valence-electron chi connectivity index (χ1n) is 10.1. The van der Waals surface area contributed by atoms with Gasteiger partial charge in [0, 0.05) is 11.8 Å². The molecule has 2 nitrogen and oxygen atoms in total. The minimum Gasteiger partial charge on any atom is -0.490 e. The molecule has 0 N–H and O–H groups in total. The van der Waals surface area contributed by atoms with E-state index in [0.29, 0.717) is 5.92 Å². The Morgan fingerprint density at radius 2 is 1.81 bits per heavy atom. The second-order valence-corrected chi connectivity index (χ2v) is 7.53. The van der Waals surface area contributed by atoms with Crippen molar-refractivity contribution in [3.63, 3.8) is 0 Å². The molecule has 0 aliphatic heterocycles. The van der Waals surface area contributed by atoms with Crippen molar-refractivity contribution in [3.05, 3.63) is 59.2 Å². The summed E-state index contributed by atoms with van der Waals surface area (Å²) >= 11 is 0. The average molecular weight is 350 g/mol. The smallest absolute Gasteiger partial charge is 0.131 e. The fraction of sp³-hybridized carbons (Fsp3) is 0.458. The number of nitrogens with zero attached hydrogens (tertiary/aromatic N) is 1. The number of rotatable bonds is 6. The summed E-state index contributed by atoms with van der Waals surface area (Å²) < 4.78 is 6.40. The first kappa shape index (κ1) is 18.7. The van der Waals surface area contributed by atoms with Gasteiger partial charge in [0.2, 0.25) is 0 Å². The molecule has 2 aromatic carbocycles. The van der Waals surface area contributed by atoms with Crippen LogP contribution in [0.4, 0.5) is 5.69 Å². The van der Waals surface area contributed by atoms with Crippen LogP contribution in [0.2, 0.25) is 0 Å². The predicted octanol–water partition coefficient (Wildman–Crippen LogP) is 6.97. The number of aryl methyl sites for hydroxylation is 1. The molecule has 1 atom stereocenters. The molecule has 1 aliphatic rings. The maximum atomic E-state index is 6.40. The highest BCUT2D eigenvalue weighted by Crippen LogP contribution is 2.39. The summed E-state index contributed by atoms with van der Waals surface area (Å²) in [5.41, 5.74) is 4.70. The van der Waals surface area contributed by atoms with Crippen molar-refractivity contribution in [2.75, 3.05) is 0 Å². The zero-order valence-electron chi connectivity index (χ0n) is 16.4. The van der Waals surface area contributed by atoms with Crippen LogP contribution in [0.1, 0.15) is 75.0 Å². The normalized spacial score (nSPS) is 16.7. The largest absolute Gasteiger partial charge is 0.490 e. The topological polar surface area (TPSA) is 21.6 Å². The van der Waals surface area contributed by atoms with Gasteiger partial charge in [-0.05, 0) is 62.8 Å².